The van der Waals surface area contributed by atoms with Gasteiger partial charge in [0.1, 0.15) is 0 Å². The van der Waals surface area contributed by atoms with E-state index in [0.717, 1.165) is 44.9 Å². The third kappa shape index (κ3) is 51.6. The first-order valence-corrected chi connectivity index (χ1v) is 29.1. The summed E-state index contributed by atoms with van der Waals surface area (Å²) in [7, 11) is 0. The normalized spacial score (nSPS) is 12.7. The third-order valence-corrected chi connectivity index (χ3v) is 13.5. The number of esters is 1. The molecule has 1 amide bonds. The van der Waals surface area contributed by atoms with Crippen molar-refractivity contribution in [1.82, 2.24) is 5.32 Å². The number of hydrogen-bond donors (Lipinski definition) is 3. The Morgan fingerprint density at radius 2 is 0.723 bits per heavy atom. The lowest BCUT2D eigenvalue weighted by Gasteiger charge is -2.20. The molecular weight excluding hydrogens is 803 g/mol. The summed E-state index contributed by atoms with van der Waals surface area (Å²) in [5.74, 6) is -0.0660. The second kappa shape index (κ2) is 54.9. The van der Waals surface area contributed by atoms with Crippen LogP contribution in [0, 0.1) is 0 Å². The maximum absolute atomic E-state index is 12.4. The topological polar surface area (TPSA) is 95.9 Å². The van der Waals surface area contributed by atoms with Crippen molar-refractivity contribution in [3.63, 3.8) is 0 Å². The molecular formula is C59H113NO5. The lowest BCUT2D eigenvalue weighted by Crippen LogP contribution is -2.45. The molecule has 3 N–H and O–H groups in total. The number of nitrogens with one attached hydrogen (secondary N) is 1. The number of aliphatic hydroxyl groups excluding tert-OH is 2. The molecule has 6 nitrogen and oxygen atoms in total. The van der Waals surface area contributed by atoms with Gasteiger partial charge in [-0.3, -0.25) is 9.59 Å². The predicted molar refractivity (Wildman–Crippen MR) is 283 cm³/mol. The van der Waals surface area contributed by atoms with Gasteiger partial charge in [0, 0.05) is 12.8 Å². The van der Waals surface area contributed by atoms with Crippen LogP contribution >= 0.6 is 0 Å². The number of amides is 1. The molecule has 0 saturated carbocycles. The Kier molecular flexibility index (Phi) is 53.5. The van der Waals surface area contributed by atoms with Gasteiger partial charge in [-0.05, 0) is 57.8 Å². The Bertz CT molecular complexity index is 1010. The van der Waals surface area contributed by atoms with Crippen molar-refractivity contribution in [3.05, 3.63) is 24.3 Å². The van der Waals surface area contributed by atoms with Crippen LogP contribution in [-0.4, -0.2) is 47.4 Å². The Balaban J connectivity index is 3.41. The number of rotatable bonds is 54. The van der Waals surface area contributed by atoms with Gasteiger partial charge in [0.15, 0.2) is 0 Å². The number of carbonyl (C=O) groups is 2. The van der Waals surface area contributed by atoms with Crippen molar-refractivity contribution in [2.24, 2.45) is 0 Å². The van der Waals surface area contributed by atoms with Gasteiger partial charge in [-0.15, -0.1) is 0 Å². The molecule has 0 aromatic carbocycles. The van der Waals surface area contributed by atoms with Crippen LogP contribution in [0.3, 0.4) is 0 Å². The Morgan fingerprint density at radius 1 is 0.415 bits per heavy atom. The van der Waals surface area contributed by atoms with Crippen molar-refractivity contribution >= 4 is 11.9 Å². The summed E-state index contributed by atoms with van der Waals surface area (Å²) in [5.41, 5.74) is 0. The Labute approximate surface area is 405 Å². The number of aliphatic hydroxyl groups is 2. The first-order chi connectivity index (χ1) is 32.0. The van der Waals surface area contributed by atoms with Gasteiger partial charge in [0.05, 0.1) is 25.4 Å². The second-order valence-electron chi connectivity index (χ2n) is 20.0. The minimum atomic E-state index is -0.844. The van der Waals surface area contributed by atoms with Gasteiger partial charge >= 0.3 is 5.97 Å². The van der Waals surface area contributed by atoms with E-state index in [4.69, 9.17) is 4.74 Å². The van der Waals surface area contributed by atoms with Crippen LogP contribution in [0.15, 0.2) is 24.3 Å². The molecule has 0 aliphatic heterocycles. The van der Waals surface area contributed by atoms with Crippen molar-refractivity contribution in [3.8, 4) is 0 Å². The fraction of sp³-hybridized carbons (Fsp3) is 0.898. The maximum atomic E-state index is 12.4. The molecule has 2 atom stereocenters. The molecule has 0 fully saturated rings. The van der Waals surface area contributed by atoms with Crippen molar-refractivity contribution in [1.29, 1.82) is 0 Å². The molecule has 0 heterocycles. The molecule has 0 rings (SSSR count). The average molecular weight is 917 g/mol. The standard InChI is InChI=1S/C59H113NO5/c1-3-5-7-9-11-13-15-17-28-31-35-39-43-47-51-57(62)56(55-61)60-58(63)52-48-44-40-36-32-29-25-23-21-19-18-20-22-24-26-30-34-38-42-46-50-54-65-59(64)53-49-45-41-37-33-27-16-14-12-10-8-6-4-2/h14,16,47,51,56-57,61-62H,3-13,15,17-46,48-50,52-55H2,1-2H3,(H,60,63)/b16-14-,51-47+. The van der Waals surface area contributed by atoms with Crippen molar-refractivity contribution in [2.75, 3.05) is 13.2 Å². The van der Waals surface area contributed by atoms with Gasteiger partial charge in [0.25, 0.3) is 0 Å². The molecule has 0 aromatic rings. The lowest BCUT2D eigenvalue weighted by atomic mass is 10.0. The lowest BCUT2D eigenvalue weighted by molar-refractivity contribution is -0.143. The number of hydrogen-bond acceptors (Lipinski definition) is 5. The molecule has 0 saturated heterocycles. The third-order valence-electron chi connectivity index (χ3n) is 13.5. The van der Waals surface area contributed by atoms with Crippen molar-refractivity contribution < 1.29 is 24.5 Å². The Morgan fingerprint density at radius 3 is 1.11 bits per heavy atom. The fourth-order valence-corrected chi connectivity index (χ4v) is 8.98. The summed E-state index contributed by atoms with van der Waals surface area (Å²) in [5, 5.41) is 23.1. The minimum absolute atomic E-state index is 0.00215. The molecule has 2 unspecified atom stereocenters. The van der Waals surface area contributed by atoms with Gasteiger partial charge in [-0.1, -0.05) is 269 Å². The molecule has 65 heavy (non-hydrogen) atoms. The number of carbonyl (C=O) groups excluding carboxylic acids is 2. The van der Waals surface area contributed by atoms with E-state index in [9.17, 15) is 19.8 Å². The molecule has 0 aliphatic carbocycles. The molecule has 0 spiro atoms. The van der Waals surface area contributed by atoms with Gasteiger partial charge < -0.3 is 20.3 Å². The minimum Gasteiger partial charge on any atom is -0.466 e. The van der Waals surface area contributed by atoms with E-state index in [1.165, 1.54) is 244 Å². The fourth-order valence-electron chi connectivity index (χ4n) is 8.98. The highest BCUT2D eigenvalue weighted by atomic mass is 16.5. The van der Waals surface area contributed by atoms with Gasteiger partial charge in [-0.2, -0.15) is 0 Å². The van der Waals surface area contributed by atoms with Crippen LogP contribution in [0.1, 0.15) is 316 Å². The highest BCUT2D eigenvalue weighted by molar-refractivity contribution is 5.76. The number of unbranched alkanes of at least 4 members (excludes halogenated alkanes) is 41. The van der Waals surface area contributed by atoms with Gasteiger partial charge in [-0.25, -0.2) is 0 Å². The second-order valence-corrected chi connectivity index (χ2v) is 20.0. The molecule has 0 aliphatic rings. The van der Waals surface area contributed by atoms with E-state index in [1.807, 2.05) is 6.08 Å². The van der Waals surface area contributed by atoms with Crippen LogP contribution in [0.25, 0.3) is 0 Å². The zero-order valence-corrected chi connectivity index (χ0v) is 43.7. The van der Waals surface area contributed by atoms with E-state index >= 15 is 0 Å². The molecule has 0 bridgehead atoms. The van der Waals surface area contributed by atoms with E-state index < -0.39 is 12.1 Å². The highest BCUT2D eigenvalue weighted by Crippen LogP contribution is 2.17. The van der Waals surface area contributed by atoms with Crippen LogP contribution < -0.4 is 5.32 Å². The summed E-state index contributed by atoms with van der Waals surface area (Å²) in [6, 6.07) is -0.628. The zero-order valence-electron chi connectivity index (χ0n) is 43.7. The summed E-state index contributed by atoms with van der Waals surface area (Å²) in [4.78, 5) is 24.5. The molecule has 6 heteroatoms. The van der Waals surface area contributed by atoms with Gasteiger partial charge in [0.2, 0.25) is 5.91 Å². The smallest absolute Gasteiger partial charge is 0.305 e. The van der Waals surface area contributed by atoms with Crippen LogP contribution in [0.2, 0.25) is 0 Å². The van der Waals surface area contributed by atoms with Crippen LogP contribution in [-0.2, 0) is 14.3 Å². The zero-order chi connectivity index (χ0) is 47.2. The summed E-state index contributed by atoms with van der Waals surface area (Å²) in [6.45, 7) is 4.89. The Hall–Kier alpha value is -1.66. The van der Waals surface area contributed by atoms with E-state index in [0.29, 0.717) is 19.4 Å². The molecule has 384 valence electrons. The van der Waals surface area contributed by atoms with Crippen molar-refractivity contribution in [2.45, 2.75) is 328 Å². The van der Waals surface area contributed by atoms with E-state index in [1.54, 1.807) is 6.08 Å². The first-order valence-electron chi connectivity index (χ1n) is 29.1. The average Bonchev–Trinajstić information content (AvgIpc) is 3.31. The largest absolute Gasteiger partial charge is 0.466 e. The first kappa shape index (κ1) is 63.3. The summed E-state index contributed by atoms with van der Waals surface area (Å²) in [6.07, 6.45) is 66.3. The van der Waals surface area contributed by atoms with Crippen LogP contribution in [0.5, 0.6) is 0 Å². The summed E-state index contributed by atoms with van der Waals surface area (Å²) < 4.78 is 5.47. The van der Waals surface area contributed by atoms with E-state index in [-0.39, 0.29) is 18.5 Å². The van der Waals surface area contributed by atoms with E-state index in [2.05, 4.69) is 31.3 Å². The number of allylic oxidation sites excluding steroid dienone is 3. The van der Waals surface area contributed by atoms with Crippen LogP contribution in [0.4, 0.5) is 0 Å². The SMILES string of the molecule is CCCCCC/C=C\CCCCCCCC(=O)OCCCCCCCCCCCCCCCCCCCCCCCC(=O)NC(CO)C(O)/C=C/CCCCCCCCCCCCCC. The molecule has 0 radical (unpaired) electrons. The predicted octanol–water partition coefficient (Wildman–Crippen LogP) is 17.9. The summed E-state index contributed by atoms with van der Waals surface area (Å²) >= 11 is 0. The highest BCUT2D eigenvalue weighted by Gasteiger charge is 2.18. The maximum Gasteiger partial charge on any atom is 0.305 e. The number of ether oxygens (including phenoxy) is 1. The monoisotopic (exact) mass is 916 g/mol. The quantitative estimate of drug-likeness (QED) is 0.0321. The molecule has 0 aromatic heterocycles.